The average Bonchev–Trinajstić information content (AvgIpc) is 2.68. The molecule has 0 heterocycles. The molecule has 3 N–H and O–H groups in total. The summed E-state index contributed by atoms with van der Waals surface area (Å²) in [5.74, 6) is 0.343. The molecule has 2 nitrogen and oxygen atoms in total. The molecule has 1 aromatic carbocycles. The van der Waals surface area contributed by atoms with Gasteiger partial charge in [0.15, 0.2) is 0 Å². The number of hydrogen-bond donors (Lipinski definition) is 2. The molecule has 1 aliphatic rings. The first-order chi connectivity index (χ1) is 5.62. The Morgan fingerprint density at radius 1 is 1.42 bits per heavy atom. The molecule has 1 aliphatic carbocycles. The third-order valence-electron chi connectivity index (χ3n) is 2.48. The monoisotopic (exact) mass is 163 g/mol. The zero-order valence-corrected chi connectivity index (χ0v) is 7.17. The third kappa shape index (κ3) is 1.08. The first kappa shape index (κ1) is 7.62. The molecule has 0 bridgehead atoms. The Morgan fingerprint density at radius 2 is 2.08 bits per heavy atom. The molecule has 0 aromatic heterocycles. The Hall–Kier alpha value is -1.02. The lowest BCUT2D eigenvalue weighted by molar-refractivity contribution is 0.459. The van der Waals surface area contributed by atoms with Crippen LogP contribution in [0, 0.1) is 6.92 Å². The summed E-state index contributed by atoms with van der Waals surface area (Å²) in [6.07, 6.45) is 1.98. The van der Waals surface area contributed by atoms with E-state index in [9.17, 15) is 5.11 Å². The molecule has 12 heavy (non-hydrogen) atoms. The van der Waals surface area contributed by atoms with E-state index in [0.717, 1.165) is 24.0 Å². The van der Waals surface area contributed by atoms with Crippen molar-refractivity contribution < 1.29 is 5.11 Å². The molecule has 1 fully saturated rings. The van der Waals surface area contributed by atoms with Gasteiger partial charge >= 0.3 is 0 Å². The molecule has 0 amide bonds. The highest BCUT2D eigenvalue weighted by atomic mass is 16.3. The van der Waals surface area contributed by atoms with Gasteiger partial charge in [-0.25, -0.2) is 0 Å². The fraction of sp³-hybridized carbons (Fsp3) is 0.400. The second-order valence-corrected chi connectivity index (χ2v) is 3.68. The second-order valence-electron chi connectivity index (χ2n) is 3.68. The fourth-order valence-corrected chi connectivity index (χ4v) is 1.47. The number of aryl methyl sites for hydroxylation is 1. The zero-order chi connectivity index (χ0) is 8.77. The van der Waals surface area contributed by atoms with Crippen LogP contribution in [-0.2, 0) is 5.54 Å². The molecular formula is C10H13NO. The number of rotatable bonds is 1. The van der Waals surface area contributed by atoms with Crippen LogP contribution in [0.15, 0.2) is 18.2 Å². The molecule has 0 aliphatic heterocycles. The Kier molecular flexibility index (Phi) is 1.42. The molecule has 64 valence electrons. The number of phenols is 1. The van der Waals surface area contributed by atoms with Gasteiger partial charge in [0, 0.05) is 11.1 Å². The van der Waals surface area contributed by atoms with Crippen LogP contribution in [0.2, 0.25) is 0 Å². The Labute approximate surface area is 72.0 Å². The Morgan fingerprint density at radius 3 is 2.58 bits per heavy atom. The van der Waals surface area contributed by atoms with E-state index >= 15 is 0 Å². The maximum absolute atomic E-state index is 9.59. The lowest BCUT2D eigenvalue weighted by Gasteiger charge is -2.11. The van der Waals surface area contributed by atoms with Crippen LogP contribution in [0.5, 0.6) is 5.75 Å². The van der Waals surface area contributed by atoms with Gasteiger partial charge in [-0.1, -0.05) is 12.1 Å². The largest absolute Gasteiger partial charge is 0.508 e. The van der Waals surface area contributed by atoms with Crippen molar-refractivity contribution in [1.29, 1.82) is 0 Å². The minimum atomic E-state index is -0.224. The van der Waals surface area contributed by atoms with E-state index in [2.05, 4.69) is 0 Å². The number of aromatic hydroxyl groups is 1. The first-order valence-electron chi connectivity index (χ1n) is 4.21. The van der Waals surface area contributed by atoms with Gasteiger partial charge in [0.2, 0.25) is 0 Å². The average molecular weight is 163 g/mol. The maximum atomic E-state index is 9.59. The summed E-state index contributed by atoms with van der Waals surface area (Å²) >= 11 is 0. The van der Waals surface area contributed by atoms with Crippen molar-refractivity contribution in [2.75, 3.05) is 0 Å². The van der Waals surface area contributed by atoms with Crippen molar-refractivity contribution in [2.24, 2.45) is 5.73 Å². The number of benzene rings is 1. The van der Waals surface area contributed by atoms with Gasteiger partial charge in [-0.15, -0.1) is 0 Å². The van der Waals surface area contributed by atoms with E-state index in [1.165, 1.54) is 0 Å². The summed E-state index contributed by atoms with van der Waals surface area (Å²) < 4.78 is 0. The van der Waals surface area contributed by atoms with Crippen molar-refractivity contribution in [2.45, 2.75) is 25.3 Å². The van der Waals surface area contributed by atoms with Gasteiger partial charge in [0.05, 0.1) is 0 Å². The topological polar surface area (TPSA) is 46.2 Å². The minimum Gasteiger partial charge on any atom is -0.508 e. The first-order valence-corrected chi connectivity index (χ1v) is 4.21. The summed E-state index contributed by atoms with van der Waals surface area (Å²) in [6.45, 7) is 1.96. The van der Waals surface area contributed by atoms with Crippen LogP contribution in [-0.4, -0.2) is 5.11 Å². The van der Waals surface area contributed by atoms with Crippen LogP contribution in [0.1, 0.15) is 24.0 Å². The van der Waals surface area contributed by atoms with Gasteiger partial charge in [0.25, 0.3) is 0 Å². The summed E-state index contributed by atoms with van der Waals surface area (Å²) in [7, 11) is 0. The summed E-state index contributed by atoms with van der Waals surface area (Å²) in [5.41, 5.74) is 7.70. The zero-order valence-electron chi connectivity index (χ0n) is 7.17. The molecule has 0 radical (unpaired) electrons. The quantitative estimate of drug-likeness (QED) is 0.661. The van der Waals surface area contributed by atoms with E-state index in [4.69, 9.17) is 5.73 Å². The number of hydrogen-bond acceptors (Lipinski definition) is 2. The van der Waals surface area contributed by atoms with Crippen LogP contribution in [0.25, 0.3) is 0 Å². The molecule has 0 saturated heterocycles. The molecular weight excluding hydrogens is 150 g/mol. The van der Waals surface area contributed by atoms with Crippen LogP contribution < -0.4 is 5.73 Å². The SMILES string of the molecule is Cc1ccc(C2(N)CC2)c(O)c1. The summed E-state index contributed by atoms with van der Waals surface area (Å²) in [5, 5.41) is 9.59. The van der Waals surface area contributed by atoms with Crippen LogP contribution >= 0.6 is 0 Å². The van der Waals surface area contributed by atoms with Crippen molar-refractivity contribution in [3.63, 3.8) is 0 Å². The van der Waals surface area contributed by atoms with Crippen LogP contribution in [0.4, 0.5) is 0 Å². The third-order valence-corrected chi connectivity index (χ3v) is 2.48. The predicted octanol–water partition coefficient (Wildman–Crippen LogP) is 1.65. The van der Waals surface area contributed by atoms with Gasteiger partial charge in [-0.2, -0.15) is 0 Å². The summed E-state index contributed by atoms with van der Waals surface area (Å²) in [4.78, 5) is 0. The second kappa shape index (κ2) is 2.23. The standard InChI is InChI=1S/C10H13NO/c1-7-2-3-8(9(12)6-7)10(11)4-5-10/h2-3,6,12H,4-5,11H2,1H3. The number of nitrogens with two attached hydrogens (primary N) is 1. The molecule has 0 atom stereocenters. The van der Waals surface area contributed by atoms with Gasteiger partial charge in [-0.3, -0.25) is 0 Å². The van der Waals surface area contributed by atoms with Crippen molar-refractivity contribution >= 4 is 0 Å². The van der Waals surface area contributed by atoms with Crippen molar-refractivity contribution in [3.8, 4) is 5.75 Å². The van der Waals surface area contributed by atoms with Gasteiger partial charge < -0.3 is 10.8 Å². The van der Waals surface area contributed by atoms with Crippen molar-refractivity contribution in [1.82, 2.24) is 0 Å². The van der Waals surface area contributed by atoms with Crippen LogP contribution in [0.3, 0.4) is 0 Å². The van der Waals surface area contributed by atoms with E-state index in [-0.39, 0.29) is 5.54 Å². The smallest absolute Gasteiger partial charge is 0.120 e. The van der Waals surface area contributed by atoms with Crippen molar-refractivity contribution in [3.05, 3.63) is 29.3 Å². The normalized spacial score (nSPS) is 19.2. The highest BCUT2D eigenvalue weighted by Crippen LogP contribution is 2.46. The summed E-state index contributed by atoms with van der Waals surface area (Å²) in [6, 6.07) is 5.68. The molecule has 1 saturated carbocycles. The number of phenolic OH excluding ortho intramolecular Hbond substituents is 1. The molecule has 2 rings (SSSR count). The Balaban J connectivity index is 2.45. The molecule has 0 unspecified atom stereocenters. The molecule has 2 heteroatoms. The highest BCUT2D eigenvalue weighted by molar-refractivity contribution is 5.43. The lowest BCUT2D eigenvalue weighted by Crippen LogP contribution is -2.18. The molecule has 0 spiro atoms. The maximum Gasteiger partial charge on any atom is 0.120 e. The fourth-order valence-electron chi connectivity index (χ4n) is 1.47. The molecule has 1 aromatic rings. The lowest BCUT2D eigenvalue weighted by atomic mass is 10.0. The minimum absolute atomic E-state index is 0.224. The Bertz CT molecular complexity index is 316. The van der Waals surface area contributed by atoms with E-state index in [1.54, 1.807) is 6.07 Å². The highest BCUT2D eigenvalue weighted by Gasteiger charge is 2.41. The van der Waals surface area contributed by atoms with Gasteiger partial charge in [-0.05, 0) is 31.4 Å². The predicted molar refractivity (Wildman–Crippen MR) is 47.9 cm³/mol. The van der Waals surface area contributed by atoms with Gasteiger partial charge in [0.1, 0.15) is 5.75 Å². The van der Waals surface area contributed by atoms with E-state index in [1.807, 2.05) is 19.1 Å². The van der Waals surface area contributed by atoms with E-state index in [0.29, 0.717) is 5.75 Å². The van der Waals surface area contributed by atoms with E-state index < -0.39 is 0 Å².